The molecular weight excluding hydrogens is 262 g/mol. The highest BCUT2D eigenvalue weighted by atomic mass is 16.5. The monoisotopic (exact) mass is 289 g/mol. The minimum Gasteiger partial charge on any atom is -0.494 e. The van der Waals surface area contributed by atoms with E-state index in [0.29, 0.717) is 19.1 Å². The maximum atomic E-state index is 11.0. The average molecular weight is 289 g/mol. The number of aliphatic hydroxyl groups excluding tert-OH is 1. The Kier molecular flexibility index (Phi) is 4.23. The third kappa shape index (κ3) is 2.58. The summed E-state index contributed by atoms with van der Waals surface area (Å²) in [7, 11) is 0. The summed E-state index contributed by atoms with van der Waals surface area (Å²) in [4.78, 5) is 0. The molecule has 0 heterocycles. The van der Waals surface area contributed by atoms with Gasteiger partial charge in [-0.25, -0.2) is 0 Å². The lowest BCUT2D eigenvalue weighted by Crippen LogP contribution is -2.41. The largest absolute Gasteiger partial charge is 0.494 e. The topological polar surface area (TPSA) is 55.5 Å². The van der Waals surface area contributed by atoms with Crippen LogP contribution in [0.25, 0.3) is 0 Å². The third-order valence-electron chi connectivity index (χ3n) is 5.59. The van der Waals surface area contributed by atoms with Gasteiger partial charge in [0.2, 0.25) is 0 Å². The Morgan fingerprint density at radius 2 is 2.29 bits per heavy atom. The average Bonchev–Trinajstić information content (AvgIpc) is 3.13. The molecule has 21 heavy (non-hydrogen) atoms. The van der Waals surface area contributed by atoms with Crippen LogP contribution in [0.1, 0.15) is 50.7 Å². The van der Waals surface area contributed by atoms with E-state index in [2.05, 4.69) is 6.92 Å². The first kappa shape index (κ1) is 14.9. The zero-order chi connectivity index (χ0) is 14.9. The number of nitrogens with two attached hydrogens (primary N) is 1. The molecule has 0 saturated heterocycles. The number of aliphatic hydroxyl groups is 1. The van der Waals surface area contributed by atoms with Crippen molar-refractivity contribution in [1.29, 1.82) is 0 Å². The Bertz CT molecular complexity index is 490. The second kappa shape index (κ2) is 5.98. The van der Waals surface area contributed by atoms with Gasteiger partial charge in [-0.2, -0.15) is 0 Å². The molecule has 1 aromatic carbocycles. The number of benzene rings is 1. The summed E-state index contributed by atoms with van der Waals surface area (Å²) in [5, 5.41) is 11.0. The van der Waals surface area contributed by atoms with Gasteiger partial charge in [0, 0.05) is 12.0 Å². The molecule has 3 nitrogen and oxygen atoms in total. The molecule has 2 aliphatic rings. The van der Waals surface area contributed by atoms with Gasteiger partial charge in [0.15, 0.2) is 0 Å². The number of rotatable bonds is 6. The highest BCUT2D eigenvalue weighted by Crippen LogP contribution is 2.60. The normalized spacial score (nSPS) is 32.3. The lowest BCUT2D eigenvalue weighted by molar-refractivity contribution is -0.0131. The van der Waals surface area contributed by atoms with E-state index in [1.165, 1.54) is 19.3 Å². The van der Waals surface area contributed by atoms with E-state index in [1.807, 2.05) is 24.3 Å². The molecule has 2 aliphatic carbocycles. The molecule has 1 aromatic rings. The molecule has 3 rings (SSSR count). The van der Waals surface area contributed by atoms with Crippen LogP contribution >= 0.6 is 0 Å². The van der Waals surface area contributed by atoms with Crippen molar-refractivity contribution in [3.63, 3.8) is 0 Å². The van der Waals surface area contributed by atoms with Crippen molar-refractivity contribution in [3.05, 3.63) is 29.8 Å². The van der Waals surface area contributed by atoms with Crippen LogP contribution in [0.5, 0.6) is 5.75 Å². The summed E-state index contributed by atoms with van der Waals surface area (Å²) in [5.41, 5.74) is 6.96. The first-order chi connectivity index (χ1) is 10.2. The summed E-state index contributed by atoms with van der Waals surface area (Å²) in [6.07, 6.45) is 5.39. The van der Waals surface area contributed by atoms with Crippen LogP contribution in [0, 0.1) is 17.3 Å². The predicted octanol–water partition coefficient (Wildman–Crippen LogP) is 3.27. The highest BCUT2D eigenvalue weighted by Gasteiger charge is 2.54. The van der Waals surface area contributed by atoms with Crippen molar-refractivity contribution in [3.8, 4) is 5.75 Å². The van der Waals surface area contributed by atoms with Gasteiger partial charge in [-0.05, 0) is 55.2 Å². The van der Waals surface area contributed by atoms with Crippen molar-refractivity contribution in [1.82, 2.24) is 0 Å². The van der Waals surface area contributed by atoms with Crippen LogP contribution in [0.3, 0.4) is 0 Å². The molecule has 0 radical (unpaired) electrons. The molecule has 116 valence electrons. The van der Waals surface area contributed by atoms with E-state index in [9.17, 15) is 5.11 Å². The molecule has 4 unspecified atom stereocenters. The van der Waals surface area contributed by atoms with Crippen molar-refractivity contribution in [2.45, 2.75) is 45.1 Å². The molecule has 0 aliphatic heterocycles. The fraction of sp³-hybridized carbons (Fsp3) is 0.667. The lowest BCUT2D eigenvalue weighted by atomic mass is 9.67. The van der Waals surface area contributed by atoms with E-state index in [0.717, 1.165) is 30.1 Å². The summed E-state index contributed by atoms with van der Waals surface area (Å²) >= 11 is 0. The SMILES string of the molecule is CCCOc1cccc(C(O)C2(CN)CC3CCC2C3)c1. The fourth-order valence-corrected chi connectivity index (χ4v) is 4.51. The first-order valence-electron chi connectivity index (χ1n) is 8.30. The Hall–Kier alpha value is -1.06. The zero-order valence-corrected chi connectivity index (χ0v) is 12.9. The lowest BCUT2D eigenvalue weighted by Gasteiger charge is -2.41. The van der Waals surface area contributed by atoms with Gasteiger partial charge >= 0.3 is 0 Å². The van der Waals surface area contributed by atoms with E-state index < -0.39 is 6.10 Å². The Balaban J connectivity index is 1.82. The molecule has 3 N–H and O–H groups in total. The Labute approximate surface area is 127 Å². The van der Waals surface area contributed by atoms with Crippen LogP contribution in [0.4, 0.5) is 0 Å². The molecule has 2 bridgehead atoms. The predicted molar refractivity (Wildman–Crippen MR) is 84.1 cm³/mol. The van der Waals surface area contributed by atoms with Gasteiger partial charge in [-0.3, -0.25) is 0 Å². The standard InChI is InChI=1S/C18H27NO2/c1-2-8-21-16-5-3-4-14(10-16)17(20)18(12-19)11-13-6-7-15(18)9-13/h3-5,10,13,15,17,20H,2,6-9,11-12,19H2,1H3. The second-order valence-corrected chi connectivity index (χ2v) is 6.84. The quantitative estimate of drug-likeness (QED) is 0.845. The van der Waals surface area contributed by atoms with Gasteiger partial charge in [-0.1, -0.05) is 25.5 Å². The minimum atomic E-state index is -0.469. The van der Waals surface area contributed by atoms with Gasteiger partial charge in [0.05, 0.1) is 12.7 Å². The van der Waals surface area contributed by atoms with Gasteiger partial charge in [0.25, 0.3) is 0 Å². The molecule has 3 heteroatoms. The number of hydrogen-bond acceptors (Lipinski definition) is 3. The van der Waals surface area contributed by atoms with Crippen LogP contribution in [-0.4, -0.2) is 18.3 Å². The second-order valence-electron chi connectivity index (χ2n) is 6.84. The summed E-state index contributed by atoms with van der Waals surface area (Å²) in [6.45, 7) is 3.39. The number of fused-ring (bicyclic) bond motifs is 2. The van der Waals surface area contributed by atoms with Crippen LogP contribution in [0.15, 0.2) is 24.3 Å². The Morgan fingerprint density at radius 1 is 1.43 bits per heavy atom. The van der Waals surface area contributed by atoms with Crippen LogP contribution < -0.4 is 10.5 Å². The molecule has 4 atom stereocenters. The minimum absolute atomic E-state index is 0.119. The van der Waals surface area contributed by atoms with Crippen molar-refractivity contribution >= 4 is 0 Å². The highest BCUT2D eigenvalue weighted by molar-refractivity contribution is 5.31. The van der Waals surface area contributed by atoms with E-state index in [-0.39, 0.29) is 5.41 Å². The van der Waals surface area contributed by atoms with Crippen molar-refractivity contribution in [2.75, 3.05) is 13.2 Å². The summed E-state index contributed by atoms with van der Waals surface area (Å²) in [5.74, 6) is 2.21. The molecule has 0 aromatic heterocycles. The smallest absolute Gasteiger partial charge is 0.119 e. The molecular formula is C18H27NO2. The third-order valence-corrected chi connectivity index (χ3v) is 5.59. The van der Waals surface area contributed by atoms with Gasteiger partial charge < -0.3 is 15.6 Å². The molecule has 2 fully saturated rings. The zero-order valence-electron chi connectivity index (χ0n) is 12.9. The maximum Gasteiger partial charge on any atom is 0.119 e. The number of hydrogen-bond donors (Lipinski definition) is 2. The van der Waals surface area contributed by atoms with Crippen molar-refractivity contribution in [2.24, 2.45) is 23.0 Å². The van der Waals surface area contributed by atoms with E-state index in [4.69, 9.17) is 10.5 Å². The first-order valence-corrected chi connectivity index (χ1v) is 8.30. The van der Waals surface area contributed by atoms with Crippen LogP contribution in [0.2, 0.25) is 0 Å². The van der Waals surface area contributed by atoms with Gasteiger partial charge in [-0.15, -0.1) is 0 Å². The van der Waals surface area contributed by atoms with Gasteiger partial charge in [0.1, 0.15) is 5.75 Å². The molecule has 2 saturated carbocycles. The fourth-order valence-electron chi connectivity index (χ4n) is 4.51. The molecule has 0 spiro atoms. The van der Waals surface area contributed by atoms with E-state index in [1.54, 1.807) is 0 Å². The number of ether oxygens (including phenoxy) is 1. The van der Waals surface area contributed by atoms with Crippen molar-refractivity contribution < 1.29 is 9.84 Å². The van der Waals surface area contributed by atoms with E-state index >= 15 is 0 Å². The molecule has 0 amide bonds. The summed E-state index contributed by atoms with van der Waals surface area (Å²) < 4.78 is 5.69. The van der Waals surface area contributed by atoms with Crippen LogP contribution in [-0.2, 0) is 0 Å². The maximum absolute atomic E-state index is 11.0. The Morgan fingerprint density at radius 3 is 2.90 bits per heavy atom. The summed E-state index contributed by atoms with van der Waals surface area (Å²) in [6, 6.07) is 7.93.